The molecule has 0 spiro atoms. The van der Waals surface area contributed by atoms with Crippen molar-refractivity contribution in [2.75, 3.05) is 5.32 Å². The van der Waals surface area contributed by atoms with Gasteiger partial charge in [-0.05, 0) is 13.3 Å². The van der Waals surface area contributed by atoms with Crippen LogP contribution in [0.5, 0.6) is 0 Å². The Hall–Kier alpha value is -1.10. The summed E-state index contributed by atoms with van der Waals surface area (Å²) in [6, 6.07) is 0.0507. The molecule has 0 saturated heterocycles. The summed E-state index contributed by atoms with van der Waals surface area (Å²) in [6.07, 6.45) is 7.65. The van der Waals surface area contributed by atoms with Crippen molar-refractivity contribution >= 4 is 22.5 Å². The smallest absolute Gasteiger partial charge is 0.321 e. The van der Waals surface area contributed by atoms with Crippen LogP contribution in [0.3, 0.4) is 0 Å². The van der Waals surface area contributed by atoms with Gasteiger partial charge < -0.3 is 5.32 Å². The van der Waals surface area contributed by atoms with E-state index in [1.165, 1.54) is 37.0 Å². The van der Waals surface area contributed by atoms with Crippen LogP contribution in [0.4, 0.5) is 9.93 Å². The molecule has 0 aliphatic heterocycles. The first kappa shape index (κ1) is 14.0. The maximum atomic E-state index is 11.6. The number of amides is 2. The third-order valence-corrected chi connectivity index (χ3v) is 3.21. The van der Waals surface area contributed by atoms with E-state index in [1.54, 1.807) is 6.20 Å². The SMILES string of the molecule is CCCCCCC(C)NC(=O)Nc1nccs1. The quantitative estimate of drug-likeness (QED) is 0.731. The molecule has 0 aliphatic rings. The van der Waals surface area contributed by atoms with E-state index in [0.717, 1.165) is 6.42 Å². The summed E-state index contributed by atoms with van der Waals surface area (Å²) in [6.45, 7) is 4.23. The first-order valence-corrected chi connectivity index (χ1v) is 7.07. The average molecular weight is 255 g/mol. The minimum Gasteiger partial charge on any atom is -0.335 e. The number of hydrogen-bond acceptors (Lipinski definition) is 3. The van der Waals surface area contributed by atoms with Crippen LogP contribution in [-0.4, -0.2) is 17.1 Å². The molecule has 2 N–H and O–H groups in total. The van der Waals surface area contributed by atoms with Crippen molar-refractivity contribution in [3.8, 4) is 0 Å². The van der Waals surface area contributed by atoms with Gasteiger partial charge in [0.2, 0.25) is 0 Å². The van der Waals surface area contributed by atoms with Gasteiger partial charge in [0.25, 0.3) is 0 Å². The second-order valence-electron chi connectivity index (χ2n) is 4.19. The Kier molecular flexibility index (Phi) is 6.62. The van der Waals surface area contributed by atoms with E-state index in [4.69, 9.17) is 0 Å². The average Bonchev–Trinajstić information content (AvgIpc) is 2.77. The van der Waals surface area contributed by atoms with Crippen LogP contribution in [0, 0.1) is 0 Å². The Balaban J connectivity index is 2.13. The topological polar surface area (TPSA) is 54.0 Å². The number of nitrogens with one attached hydrogen (secondary N) is 2. The lowest BCUT2D eigenvalue weighted by Crippen LogP contribution is -2.36. The molecule has 1 aromatic heterocycles. The normalized spacial score (nSPS) is 12.1. The van der Waals surface area contributed by atoms with E-state index in [2.05, 4.69) is 22.5 Å². The van der Waals surface area contributed by atoms with E-state index >= 15 is 0 Å². The number of unbranched alkanes of at least 4 members (excludes halogenated alkanes) is 3. The zero-order chi connectivity index (χ0) is 12.5. The lowest BCUT2D eigenvalue weighted by atomic mass is 10.1. The fraction of sp³-hybridized carbons (Fsp3) is 0.667. The molecule has 2 amide bonds. The Morgan fingerprint density at radius 3 is 2.94 bits per heavy atom. The van der Waals surface area contributed by atoms with Gasteiger partial charge in [0.05, 0.1) is 0 Å². The minimum atomic E-state index is -0.164. The van der Waals surface area contributed by atoms with Crippen LogP contribution in [0.2, 0.25) is 0 Å². The summed E-state index contributed by atoms with van der Waals surface area (Å²) in [5.74, 6) is 0. The van der Waals surface area contributed by atoms with Gasteiger partial charge in [0.1, 0.15) is 0 Å². The summed E-state index contributed by atoms with van der Waals surface area (Å²) < 4.78 is 0. The second kappa shape index (κ2) is 8.06. The molecule has 17 heavy (non-hydrogen) atoms. The van der Waals surface area contributed by atoms with Crippen LogP contribution < -0.4 is 10.6 Å². The summed E-state index contributed by atoms with van der Waals surface area (Å²) in [5.41, 5.74) is 0. The molecule has 1 atom stereocenters. The van der Waals surface area contributed by atoms with E-state index in [1.807, 2.05) is 12.3 Å². The predicted octanol–water partition coefficient (Wildman–Crippen LogP) is 3.62. The molecule has 96 valence electrons. The number of carbonyl (C=O) groups excluding carboxylic acids is 1. The van der Waals surface area contributed by atoms with Gasteiger partial charge >= 0.3 is 6.03 Å². The minimum absolute atomic E-state index is 0.164. The fourth-order valence-electron chi connectivity index (χ4n) is 1.59. The summed E-state index contributed by atoms with van der Waals surface area (Å²) in [4.78, 5) is 15.6. The lowest BCUT2D eigenvalue weighted by Gasteiger charge is -2.13. The van der Waals surface area contributed by atoms with Gasteiger partial charge in [0.15, 0.2) is 5.13 Å². The van der Waals surface area contributed by atoms with Gasteiger partial charge in [0, 0.05) is 17.6 Å². The standard InChI is InChI=1S/C12H21N3OS/c1-3-4-5-6-7-10(2)14-11(16)15-12-13-8-9-17-12/h8-10H,3-7H2,1-2H3,(H2,13,14,15,16). The second-order valence-corrected chi connectivity index (χ2v) is 5.08. The molecule has 4 nitrogen and oxygen atoms in total. The summed E-state index contributed by atoms with van der Waals surface area (Å²) >= 11 is 1.42. The van der Waals surface area contributed by atoms with E-state index < -0.39 is 0 Å². The maximum Gasteiger partial charge on any atom is 0.321 e. The number of aromatic nitrogens is 1. The molecule has 0 aromatic carbocycles. The highest BCUT2D eigenvalue weighted by atomic mass is 32.1. The molecule has 1 unspecified atom stereocenters. The molecule has 1 heterocycles. The van der Waals surface area contributed by atoms with Crippen molar-refractivity contribution in [2.45, 2.75) is 52.0 Å². The van der Waals surface area contributed by atoms with E-state index in [9.17, 15) is 4.79 Å². The molecule has 0 aliphatic carbocycles. The third-order valence-electron chi connectivity index (χ3n) is 2.52. The fourth-order valence-corrected chi connectivity index (χ4v) is 2.12. The molecular formula is C12H21N3OS. The van der Waals surface area contributed by atoms with Crippen LogP contribution in [0.15, 0.2) is 11.6 Å². The molecule has 0 fully saturated rings. The van der Waals surface area contributed by atoms with Gasteiger partial charge in [-0.1, -0.05) is 32.6 Å². The van der Waals surface area contributed by atoms with Crippen molar-refractivity contribution in [2.24, 2.45) is 0 Å². The largest absolute Gasteiger partial charge is 0.335 e. The zero-order valence-electron chi connectivity index (χ0n) is 10.5. The number of hydrogen-bond donors (Lipinski definition) is 2. The zero-order valence-corrected chi connectivity index (χ0v) is 11.3. The third kappa shape index (κ3) is 6.26. The number of carbonyl (C=O) groups is 1. The highest BCUT2D eigenvalue weighted by Crippen LogP contribution is 2.10. The van der Waals surface area contributed by atoms with Crippen LogP contribution in [0.25, 0.3) is 0 Å². The van der Waals surface area contributed by atoms with Gasteiger partial charge in [-0.3, -0.25) is 5.32 Å². The van der Waals surface area contributed by atoms with E-state index in [0.29, 0.717) is 5.13 Å². The highest BCUT2D eigenvalue weighted by molar-refractivity contribution is 7.13. The molecule has 0 bridgehead atoms. The highest BCUT2D eigenvalue weighted by Gasteiger charge is 2.07. The van der Waals surface area contributed by atoms with Crippen molar-refractivity contribution in [3.05, 3.63) is 11.6 Å². The summed E-state index contributed by atoms with van der Waals surface area (Å²) in [5, 5.41) is 8.10. The lowest BCUT2D eigenvalue weighted by molar-refractivity contribution is 0.248. The van der Waals surface area contributed by atoms with Crippen molar-refractivity contribution in [3.63, 3.8) is 0 Å². The van der Waals surface area contributed by atoms with E-state index in [-0.39, 0.29) is 12.1 Å². The molecule has 0 saturated carbocycles. The molecule has 1 aromatic rings. The number of urea groups is 1. The van der Waals surface area contributed by atoms with Gasteiger partial charge in [-0.15, -0.1) is 11.3 Å². The Labute approximate surface area is 107 Å². The monoisotopic (exact) mass is 255 g/mol. The Morgan fingerprint density at radius 1 is 1.47 bits per heavy atom. The van der Waals surface area contributed by atoms with Crippen LogP contribution >= 0.6 is 11.3 Å². The number of rotatable bonds is 7. The molecule has 5 heteroatoms. The predicted molar refractivity (Wildman–Crippen MR) is 72.5 cm³/mol. The molecule has 1 rings (SSSR count). The Bertz CT molecular complexity index is 314. The van der Waals surface area contributed by atoms with Crippen molar-refractivity contribution in [1.82, 2.24) is 10.3 Å². The molecule has 0 radical (unpaired) electrons. The van der Waals surface area contributed by atoms with Crippen LogP contribution in [-0.2, 0) is 0 Å². The van der Waals surface area contributed by atoms with Gasteiger partial charge in [-0.25, -0.2) is 9.78 Å². The number of nitrogens with zero attached hydrogens (tertiary/aromatic N) is 1. The Morgan fingerprint density at radius 2 is 2.29 bits per heavy atom. The maximum absolute atomic E-state index is 11.6. The molecular weight excluding hydrogens is 234 g/mol. The number of anilines is 1. The first-order valence-electron chi connectivity index (χ1n) is 6.19. The first-order chi connectivity index (χ1) is 8.22. The number of thiazole rings is 1. The van der Waals surface area contributed by atoms with Crippen molar-refractivity contribution in [1.29, 1.82) is 0 Å². The van der Waals surface area contributed by atoms with Gasteiger partial charge in [-0.2, -0.15) is 0 Å². The summed E-state index contributed by atoms with van der Waals surface area (Å²) in [7, 11) is 0. The van der Waals surface area contributed by atoms with Crippen molar-refractivity contribution < 1.29 is 4.79 Å². The van der Waals surface area contributed by atoms with Crippen LogP contribution in [0.1, 0.15) is 46.0 Å².